The van der Waals surface area contributed by atoms with Gasteiger partial charge < -0.3 is 14.8 Å². The molecule has 24 heavy (non-hydrogen) atoms. The van der Waals surface area contributed by atoms with Crippen LogP contribution < -0.4 is 5.32 Å². The molecule has 5 nitrogen and oxygen atoms in total. The van der Waals surface area contributed by atoms with Crippen LogP contribution in [0.25, 0.3) is 0 Å². The summed E-state index contributed by atoms with van der Waals surface area (Å²) in [6, 6.07) is 4.30. The van der Waals surface area contributed by atoms with Crippen molar-refractivity contribution in [1.29, 1.82) is 0 Å². The molecule has 1 heterocycles. The monoisotopic (exact) mass is 333 g/mol. The predicted molar refractivity (Wildman–Crippen MR) is 86.5 cm³/mol. The van der Waals surface area contributed by atoms with E-state index in [0.717, 1.165) is 0 Å². The highest BCUT2D eigenvalue weighted by Gasteiger charge is 2.25. The van der Waals surface area contributed by atoms with Crippen molar-refractivity contribution >= 4 is 11.9 Å². The maximum Gasteiger partial charge on any atom is 0.330 e. The van der Waals surface area contributed by atoms with Gasteiger partial charge in [0.05, 0.1) is 5.56 Å². The molecule has 0 fully saturated rings. The Balaban J connectivity index is 2.29. The van der Waals surface area contributed by atoms with Crippen LogP contribution in [0.2, 0.25) is 0 Å². The minimum atomic E-state index is -1.27. The van der Waals surface area contributed by atoms with Crippen molar-refractivity contribution in [2.45, 2.75) is 39.7 Å². The molecule has 0 spiro atoms. The molecule has 1 atom stereocenters. The highest BCUT2D eigenvalue weighted by Crippen LogP contribution is 2.23. The van der Waals surface area contributed by atoms with E-state index in [1.165, 1.54) is 25.1 Å². The molecular weight excluding hydrogens is 313 g/mol. The lowest BCUT2D eigenvalue weighted by Crippen LogP contribution is -2.34. The third-order valence-corrected chi connectivity index (χ3v) is 3.79. The van der Waals surface area contributed by atoms with Crippen LogP contribution in [0, 0.1) is 19.7 Å². The second kappa shape index (κ2) is 6.86. The topological polar surface area (TPSA) is 79.5 Å². The lowest BCUT2D eigenvalue weighted by Gasteiger charge is -2.15. The molecular formula is C18H20FNO4. The fraction of sp³-hybridized carbons (Fsp3) is 0.333. The molecule has 0 aliphatic rings. The second-order valence-electron chi connectivity index (χ2n) is 6.03. The summed E-state index contributed by atoms with van der Waals surface area (Å²) in [7, 11) is 0. The summed E-state index contributed by atoms with van der Waals surface area (Å²) < 4.78 is 18.9. The molecule has 1 aromatic carbocycles. The maximum absolute atomic E-state index is 13.4. The van der Waals surface area contributed by atoms with Crippen molar-refractivity contribution in [3.63, 3.8) is 0 Å². The van der Waals surface area contributed by atoms with E-state index >= 15 is 0 Å². The van der Waals surface area contributed by atoms with Gasteiger partial charge in [-0.15, -0.1) is 0 Å². The molecule has 6 heteroatoms. The van der Waals surface area contributed by atoms with Gasteiger partial charge in [0.25, 0.3) is 5.91 Å². The van der Waals surface area contributed by atoms with Crippen LogP contribution in [-0.4, -0.2) is 17.0 Å². The quantitative estimate of drug-likeness (QED) is 0.874. The number of rotatable bonds is 5. The summed E-state index contributed by atoms with van der Waals surface area (Å²) in [4.78, 5) is 24.0. The van der Waals surface area contributed by atoms with Crippen molar-refractivity contribution in [3.05, 3.63) is 58.3 Å². The third-order valence-electron chi connectivity index (χ3n) is 3.79. The van der Waals surface area contributed by atoms with Gasteiger partial charge in [-0.3, -0.25) is 4.79 Å². The first kappa shape index (κ1) is 17.7. The Hall–Kier alpha value is -2.63. The number of aryl methyl sites for hydroxylation is 2. The molecule has 1 unspecified atom stereocenters. The van der Waals surface area contributed by atoms with Crippen molar-refractivity contribution < 1.29 is 23.5 Å². The van der Waals surface area contributed by atoms with Crippen LogP contribution in [-0.2, 0) is 4.79 Å². The zero-order valence-electron chi connectivity index (χ0n) is 14.0. The van der Waals surface area contributed by atoms with E-state index < -0.39 is 23.7 Å². The number of nitrogens with one attached hydrogen (secondary N) is 1. The van der Waals surface area contributed by atoms with Crippen LogP contribution in [0.4, 0.5) is 4.39 Å². The normalized spacial score (nSPS) is 12.2. The minimum Gasteiger partial charge on any atom is -0.479 e. The van der Waals surface area contributed by atoms with Crippen molar-refractivity contribution in [3.8, 4) is 0 Å². The van der Waals surface area contributed by atoms with Crippen LogP contribution in [0.5, 0.6) is 0 Å². The molecule has 2 aromatic rings. The predicted octanol–water partition coefficient (Wildman–Crippen LogP) is 3.71. The van der Waals surface area contributed by atoms with E-state index in [1.807, 2.05) is 13.8 Å². The smallest absolute Gasteiger partial charge is 0.330 e. The minimum absolute atomic E-state index is 0.111. The number of aliphatic carboxylic acids is 1. The maximum atomic E-state index is 13.4. The average Bonchev–Trinajstić information content (AvgIpc) is 2.89. The SMILES string of the molecule is Cc1cc(C(NC(=O)c2cc(C(C)C)oc2C)C(=O)O)ccc1F. The fourth-order valence-corrected chi connectivity index (χ4v) is 2.36. The molecule has 2 rings (SSSR count). The van der Waals surface area contributed by atoms with Gasteiger partial charge in [-0.2, -0.15) is 0 Å². The van der Waals surface area contributed by atoms with Crippen LogP contribution in [0.3, 0.4) is 0 Å². The van der Waals surface area contributed by atoms with Crippen LogP contribution >= 0.6 is 0 Å². The van der Waals surface area contributed by atoms with Gasteiger partial charge in [-0.25, -0.2) is 9.18 Å². The van der Waals surface area contributed by atoms with Crippen molar-refractivity contribution in [2.24, 2.45) is 0 Å². The number of furan rings is 1. The number of carboxylic acid groups (broad SMARTS) is 1. The summed E-state index contributed by atoms with van der Waals surface area (Å²) in [5.41, 5.74) is 0.915. The number of carbonyl (C=O) groups excluding carboxylic acids is 1. The molecule has 0 bridgehead atoms. The molecule has 0 saturated heterocycles. The van der Waals surface area contributed by atoms with Gasteiger partial charge in [-0.05, 0) is 37.1 Å². The molecule has 1 amide bonds. The van der Waals surface area contributed by atoms with E-state index in [9.17, 15) is 19.1 Å². The number of hydrogen-bond donors (Lipinski definition) is 2. The Bertz CT molecular complexity index is 779. The van der Waals surface area contributed by atoms with E-state index in [0.29, 0.717) is 28.2 Å². The summed E-state index contributed by atoms with van der Waals surface area (Å²) in [5, 5.41) is 11.9. The first-order valence-electron chi connectivity index (χ1n) is 7.60. The molecule has 0 aliphatic heterocycles. The zero-order chi connectivity index (χ0) is 18.0. The Morgan fingerprint density at radius 1 is 1.21 bits per heavy atom. The standard InChI is InChI=1S/C18H20FNO4/c1-9(2)15-8-13(11(4)24-15)17(21)20-16(18(22)23)12-5-6-14(19)10(3)7-12/h5-9,16H,1-4H3,(H,20,21)(H,22,23). The largest absolute Gasteiger partial charge is 0.479 e. The first-order chi connectivity index (χ1) is 11.2. The number of carbonyl (C=O) groups is 2. The van der Waals surface area contributed by atoms with Gasteiger partial charge in [0.15, 0.2) is 6.04 Å². The van der Waals surface area contributed by atoms with Crippen LogP contribution in [0.15, 0.2) is 28.7 Å². The van der Waals surface area contributed by atoms with Crippen LogP contribution in [0.1, 0.15) is 58.8 Å². The Kier molecular flexibility index (Phi) is 5.07. The molecule has 0 saturated carbocycles. The fourth-order valence-electron chi connectivity index (χ4n) is 2.36. The second-order valence-corrected chi connectivity index (χ2v) is 6.03. The molecule has 2 N–H and O–H groups in total. The number of benzene rings is 1. The molecule has 0 aliphatic carbocycles. The summed E-state index contributed by atoms with van der Waals surface area (Å²) in [6.07, 6.45) is 0. The summed E-state index contributed by atoms with van der Waals surface area (Å²) in [5.74, 6) is -1.00. The lowest BCUT2D eigenvalue weighted by molar-refractivity contribution is -0.139. The molecule has 128 valence electrons. The van der Waals surface area contributed by atoms with Crippen molar-refractivity contribution in [1.82, 2.24) is 5.32 Å². The number of carboxylic acids is 1. The van der Waals surface area contributed by atoms with E-state index in [2.05, 4.69) is 5.32 Å². The van der Waals surface area contributed by atoms with Gasteiger partial charge in [0.1, 0.15) is 17.3 Å². The molecule has 1 aromatic heterocycles. The summed E-state index contributed by atoms with van der Waals surface area (Å²) in [6.45, 7) is 7.05. The highest BCUT2D eigenvalue weighted by molar-refractivity contribution is 5.97. The zero-order valence-corrected chi connectivity index (χ0v) is 14.0. The Labute approximate surface area is 139 Å². The Morgan fingerprint density at radius 2 is 1.88 bits per heavy atom. The lowest BCUT2D eigenvalue weighted by atomic mass is 10.0. The van der Waals surface area contributed by atoms with Gasteiger partial charge in [0, 0.05) is 5.92 Å². The molecule has 0 radical (unpaired) electrons. The highest BCUT2D eigenvalue weighted by atomic mass is 19.1. The van der Waals surface area contributed by atoms with Gasteiger partial charge >= 0.3 is 5.97 Å². The van der Waals surface area contributed by atoms with Crippen molar-refractivity contribution in [2.75, 3.05) is 0 Å². The Morgan fingerprint density at radius 3 is 2.38 bits per heavy atom. The number of hydrogen-bond acceptors (Lipinski definition) is 3. The number of amides is 1. The van der Waals surface area contributed by atoms with E-state index in [4.69, 9.17) is 4.42 Å². The van der Waals surface area contributed by atoms with Gasteiger partial charge in [0.2, 0.25) is 0 Å². The van der Waals surface area contributed by atoms with E-state index in [1.54, 1.807) is 13.0 Å². The first-order valence-corrected chi connectivity index (χ1v) is 7.60. The number of halogens is 1. The van der Waals surface area contributed by atoms with E-state index in [-0.39, 0.29) is 5.92 Å². The third kappa shape index (κ3) is 3.64. The van der Waals surface area contributed by atoms with Gasteiger partial charge in [-0.1, -0.05) is 26.0 Å². The summed E-state index contributed by atoms with van der Waals surface area (Å²) >= 11 is 0. The average molecular weight is 333 g/mol.